The summed E-state index contributed by atoms with van der Waals surface area (Å²) < 4.78 is 0. The van der Waals surface area contributed by atoms with E-state index in [2.05, 4.69) is 4.98 Å². The minimum Gasteiger partial charge on any atom is -0.481 e. The fourth-order valence-corrected chi connectivity index (χ4v) is 2.96. The zero-order valence-corrected chi connectivity index (χ0v) is 10.7. The molecule has 1 aromatic heterocycles. The molecule has 0 saturated heterocycles. The van der Waals surface area contributed by atoms with Gasteiger partial charge in [0.05, 0.1) is 6.42 Å². The molecule has 1 N–H and O–H groups in total. The van der Waals surface area contributed by atoms with Crippen molar-refractivity contribution in [2.75, 3.05) is 0 Å². The maximum absolute atomic E-state index is 11.0. The van der Waals surface area contributed by atoms with Gasteiger partial charge in [-0.3, -0.25) is 9.78 Å². The van der Waals surface area contributed by atoms with Gasteiger partial charge >= 0.3 is 5.97 Å². The summed E-state index contributed by atoms with van der Waals surface area (Å²) in [5.41, 5.74) is 0.936. The number of aromatic nitrogens is 1. The molecule has 1 aromatic rings. The van der Waals surface area contributed by atoms with E-state index >= 15 is 0 Å². The molecule has 2 rings (SSSR count). The third kappa shape index (κ3) is 3.83. The van der Waals surface area contributed by atoms with Crippen LogP contribution in [-0.4, -0.2) is 16.1 Å². The Morgan fingerprint density at radius 2 is 2.11 bits per heavy atom. The SMILES string of the molecule is O=C(O)CC(CC1CCCCC1)c1ccccn1. The lowest BCUT2D eigenvalue weighted by atomic mass is 9.81. The second-order valence-corrected chi connectivity index (χ2v) is 5.29. The Hall–Kier alpha value is -1.38. The van der Waals surface area contributed by atoms with E-state index in [0.717, 1.165) is 12.1 Å². The van der Waals surface area contributed by atoms with Crippen molar-refractivity contribution in [2.24, 2.45) is 5.92 Å². The van der Waals surface area contributed by atoms with E-state index in [1.165, 1.54) is 32.1 Å². The van der Waals surface area contributed by atoms with Crippen molar-refractivity contribution in [1.29, 1.82) is 0 Å². The Labute approximate surface area is 108 Å². The summed E-state index contributed by atoms with van der Waals surface area (Å²) in [6.45, 7) is 0. The number of aliphatic carboxylic acids is 1. The summed E-state index contributed by atoms with van der Waals surface area (Å²) in [5.74, 6) is 0.0402. The standard InChI is InChI=1S/C15H21NO2/c17-15(18)11-13(14-8-4-5-9-16-14)10-12-6-2-1-3-7-12/h4-5,8-9,12-13H,1-3,6-7,10-11H2,(H,17,18). The van der Waals surface area contributed by atoms with Crippen LogP contribution in [0, 0.1) is 5.92 Å². The molecule has 1 aliphatic carbocycles. The van der Waals surface area contributed by atoms with Crippen molar-refractivity contribution < 1.29 is 9.90 Å². The van der Waals surface area contributed by atoms with Gasteiger partial charge in [-0.1, -0.05) is 38.2 Å². The summed E-state index contributed by atoms with van der Waals surface area (Å²) in [6, 6.07) is 5.77. The molecule has 0 radical (unpaired) electrons. The van der Waals surface area contributed by atoms with Crippen molar-refractivity contribution in [1.82, 2.24) is 4.98 Å². The van der Waals surface area contributed by atoms with Crippen LogP contribution >= 0.6 is 0 Å². The number of carbonyl (C=O) groups is 1. The van der Waals surface area contributed by atoms with Crippen LogP contribution in [0.25, 0.3) is 0 Å². The van der Waals surface area contributed by atoms with Gasteiger partial charge in [0.1, 0.15) is 0 Å². The number of nitrogens with zero attached hydrogens (tertiary/aromatic N) is 1. The fraction of sp³-hybridized carbons (Fsp3) is 0.600. The van der Waals surface area contributed by atoms with Crippen LogP contribution in [0.5, 0.6) is 0 Å². The molecule has 0 amide bonds. The molecule has 0 bridgehead atoms. The van der Waals surface area contributed by atoms with Gasteiger partial charge in [0.15, 0.2) is 0 Å². The zero-order chi connectivity index (χ0) is 12.8. The Morgan fingerprint density at radius 3 is 2.72 bits per heavy atom. The van der Waals surface area contributed by atoms with Crippen LogP contribution in [0.4, 0.5) is 0 Å². The first-order valence-electron chi connectivity index (χ1n) is 6.88. The highest BCUT2D eigenvalue weighted by atomic mass is 16.4. The molecule has 0 spiro atoms. The first-order chi connectivity index (χ1) is 8.75. The largest absolute Gasteiger partial charge is 0.481 e. The van der Waals surface area contributed by atoms with Gasteiger partial charge in [-0.25, -0.2) is 0 Å². The number of carboxylic acid groups (broad SMARTS) is 1. The van der Waals surface area contributed by atoms with E-state index in [9.17, 15) is 4.79 Å². The number of rotatable bonds is 5. The average molecular weight is 247 g/mol. The third-order valence-corrected chi connectivity index (χ3v) is 3.87. The summed E-state index contributed by atoms with van der Waals surface area (Å²) in [5, 5.41) is 9.05. The van der Waals surface area contributed by atoms with Crippen LogP contribution in [0.3, 0.4) is 0 Å². The molecule has 1 heterocycles. The predicted octanol–water partition coefficient (Wildman–Crippen LogP) is 3.61. The van der Waals surface area contributed by atoms with E-state index in [1.807, 2.05) is 18.2 Å². The van der Waals surface area contributed by atoms with Gasteiger partial charge in [-0.2, -0.15) is 0 Å². The minimum atomic E-state index is -0.721. The minimum absolute atomic E-state index is 0.0757. The molecule has 1 atom stereocenters. The van der Waals surface area contributed by atoms with Gasteiger partial charge in [-0.05, 0) is 24.5 Å². The van der Waals surface area contributed by atoms with Gasteiger partial charge < -0.3 is 5.11 Å². The quantitative estimate of drug-likeness (QED) is 0.864. The second-order valence-electron chi connectivity index (χ2n) is 5.29. The third-order valence-electron chi connectivity index (χ3n) is 3.87. The Bertz CT molecular complexity index is 371. The molecule has 1 unspecified atom stereocenters. The smallest absolute Gasteiger partial charge is 0.304 e. The van der Waals surface area contributed by atoms with E-state index in [0.29, 0.717) is 5.92 Å². The number of carboxylic acids is 1. The zero-order valence-electron chi connectivity index (χ0n) is 10.7. The van der Waals surface area contributed by atoms with Crippen LogP contribution < -0.4 is 0 Å². The first-order valence-corrected chi connectivity index (χ1v) is 6.88. The highest BCUT2D eigenvalue weighted by molar-refractivity contribution is 5.67. The number of hydrogen-bond donors (Lipinski definition) is 1. The Morgan fingerprint density at radius 1 is 1.33 bits per heavy atom. The van der Waals surface area contributed by atoms with Crippen molar-refractivity contribution >= 4 is 5.97 Å². The lowest BCUT2D eigenvalue weighted by Crippen LogP contribution is -2.15. The molecule has 3 nitrogen and oxygen atoms in total. The predicted molar refractivity (Wildman–Crippen MR) is 70.4 cm³/mol. The van der Waals surface area contributed by atoms with Crippen LogP contribution in [-0.2, 0) is 4.79 Å². The second kappa shape index (κ2) is 6.53. The normalized spacial score (nSPS) is 18.4. The highest BCUT2D eigenvalue weighted by Crippen LogP contribution is 2.33. The Balaban J connectivity index is 2.02. The van der Waals surface area contributed by atoms with E-state index in [-0.39, 0.29) is 12.3 Å². The number of hydrogen-bond acceptors (Lipinski definition) is 2. The van der Waals surface area contributed by atoms with Gasteiger partial charge in [0, 0.05) is 17.8 Å². The molecular weight excluding hydrogens is 226 g/mol. The number of pyridine rings is 1. The lowest BCUT2D eigenvalue weighted by molar-refractivity contribution is -0.137. The van der Waals surface area contributed by atoms with Crippen LogP contribution in [0.1, 0.15) is 56.6 Å². The van der Waals surface area contributed by atoms with Crippen molar-refractivity contribution in [3.05, 3.63) is 30.1 Å². The average Bonchev–Trinajstić information content (AvgIpc) is 2.40. The molecular formula is C15H21NO2. The molecule has 1 saturated carbocycles. The molecule has 1 aliphatic rings. The maximum Gasteiger partial charge on any atom is 0.304 e. The molecule has 3 heteroatoms. The van der Waals surface area contributed by atoms with Crippen molar-refractivity contribution in [3.8, 4) is 0 Å². The summed E-state index contributed by atoms with van der Waals surface area (Å²) in [6.07, 6.45) is 9.37. The van der Waals surface area contributed by atoms with E-state index in [4.69, 9.17) is 5.11 Å². The molecule has 98 valence electrons. The summed E-state index contributed by atoms with van der Waals surface area (Å²) >= 11 is 0. The molecule has 1 fully saturated rings. The van der Waals surface area contributed by atoms with Gasteiger partial charge in [-0.15, -0.1) is 0 Å². The summed E-state index contributed by atoms with van der Waals surface area (Å²) in [4.78, 5) is 15.3. The molecule has 0 aromatic carbocycles. The van der Waals surface area contributed by atoms with Crippen molar-refractivity contribution in [3.63, 3.8) is 0 Å². The summed E-state index contributed by atoms with van der Waals surface area (Å²) in [7, 11) is 0. The lowest BCUT2D eigenvalue weighted by Gasteiger charge is -2.25. The Kier molecular flexibility index (Phi) is 4.73. The fourth-order valence-electron chi connectivity index (χ4n) is 2.96. The van der Waals surface area contributed by atoms with E-state index in [1.54, 1.807) is 6.20 Å². The van der Waals surface area contributed by atoms with Gasteiger partial charge in [0.25, 0.3) is 0 Å². The van der Waals surface area contributed by atoms with Gasteiger partial charge in [0.2, 0.25) is 0 Å². The topological polar surface area (TPSA) is 50.2 Å². The molecule has 0 aliphatic heterocycles. The maximum atomic E-state index is 11.0. The monoisotopic (exact) mass is 247 g/mol. The molecule has 18 heavy (non-hydrogen) atoms. The first kappa shape index (κ1) is 13.1. The highest BCUT2D eigenvalue weighted by Gasteiger charge is 2.22. The van der Waals surface area contributed by atoms with Crippen LogP contribution in [0.2, 0.25) is 0 Å². The van der Waals surface area contributed by atoms with Crippen LogP contribution in [0.15, 0.2) is 24.4 Å². The van der Waals surface area contributed by atoms with E-state index < -0.39 is 5.97 Å². The van der Waals surface area contributed by atoms with Crippen molar-refractivity contribution in [2.45, 2.75) is 50.9 Å².